The van der Waals surface area contributed by atoms with Crippen LogP contribution in [0.1, 0.15) is 44.6 Å². The number of anilines is 1. The molecule has 1 saturated heterocycles. The molecule has 0 aromatic heterocycles. The summed E-state index contributed by atoms with van der Waals surface area (Å²) in [6.07, 6.45) is 6.87. The molecular formula is C37H44N2O6. The van der Waals surface area contributed by atoms with E-state index in [1.807, 2.05) is 24.3 Å². The van der Waals surface area contributed by atoms with Crippen molar-refractivity contribution in [3.8, 4) is 16.9 Å². The molecule has 238 valence electrons. The summed E-state index contributed by atoms with van der Waals surface area (Å²) in [4.78, 5) is 25.8. The van der Waals surface area contributed by atoms with Crippen molar-refractivity contribution in [2.45, 2.75) is 63.9 Å². The van der Waals surface area contributed by atoms with Crippen molar-refractivity contribution < 1.29 is 28.9 Å². The zero-order chi connectivity index (χ0) is 31.4. The number of rotatable bonds is 13. The minimum absolute atomic E-state index is 0.0398. The summed E-state index contributed by atoms with van der Waals surface area (Å²) in [6, 6.07) is 25.6. The van der Waals surface area contributed by atoms with Gasteiger partial charge in [0.05, 0.1) is 32.0 Å². The molecule has 3 aromatic carbocycles. The zero-order valence-electron chi connectivity index (χ0n) is 26.0. The Morgan fingerprint density at radius 2 is 1.62 bits per heavy atom. The fraction of sp³-hybridized carbons (Fsp3) is 0.405. The molecule has 1 aliphatic heterocycles. The third-order valence-electron chi connectivity index (χ3n) is 8.53. The van der Waals surface area contributed by atoms with Crippen molar-refractivity contribution in [2.75, 3.05) is 31.6 Å². The van der Waals surface area contributed by atoms with E-state index in [0.29, 0.717) is 44.1 Å². The number of ether oxygens (including phenoxy) is 3. The van der Waals surface area contributed by atoms with Crippen LogP contribution in [0, 0.1) is 5.92 Å². The summed E-state index contributed by atoms with van der Waals surface area (Å²) in [5.41, 5.74) is 4.14. The Morgan fingerprint density at radius 3 is 2.33 bits per heavy atom. The molecule has 8 heteroatoms. The average molecular weight is 613 g/mol. The predicted octanol–water partition coefficient (Wildman–Crippen LogP) is 6.00. The zero-order valence-corrected chi connectivity index (χ0v) is 26.0. The van der Waals surface area contributed by atoms with Crippen molar-refractivity contribution in [3.63, 3.8) is 0 Å². The highest BCUT2D eigenvalue weighted by molar-refractivity contribution is 5.88. The standard InChI is InChI=1S/C37H44N2O6/c1-27(40)38-31-17-19-32(20-18-31)45-36(42)12-8-3-2-7-11-33-35(25-34(41)37(33)39-21-23-43-24-22-39)44-26-28-13-15-30(16-14-28)29-9-5-4-6-10-29/h2-6,9-10,13-20,33-35,37,41H,7-8,11-12,21-26H2,1H3,(H,38,40)/b3-2-/t33?,34-,35-,37+/m1/s1. The van der Waals surface area contributed by atoms with E-state index in [2.05, 4.69) is 52.7 Å². The maximum atomic E-state index is 12.3. The smallest absolute Gasteiger partial charge is 0.311 e. The van der Waals surface area contributed by atoms with Gasteiger partial charge in [0.25, 0.3) is 0 Å². The van der Waals surface area contributed by atoms with Gasteiger partial charge in [-0.15, -0.1) is 0 Å². The number of amides is 1. The number of hydrogen-bond donors (Lipinski definition) is 2. The molecule has 0 bridgehead atoms. The quantitative estimate of drug-likeness (QED) is 0.139. The molecule has 4 atom stereocenters. The monoisotopic (exact) mass is 612 g/mol. The van der Waals surface area contributed by atoms with E-state index in [9.17, 15) is 14.7 Å². The fourth-order valence-electron chi connectivity index (χ4n) is 6.34. The number of benzene rings is 3. The Kier molecular flexibility index (Phi) is 11.9. The number of allylic oxidation sites excluding steroid dienone is 2. The topological polar surface area (TPSA) is 97.3 Å². The first-order chi connectivity index (χ1) is 22.0. The molecule has 1 heterocycles. The van der Waals surface area contributed by atoms with E-state index in [-0.39, 0.29) is 36.4 Å². The molecule has 5 rings (SSSR count). The second kappa shape index (κ2) is 16.5. The Morgan fingerprint density at radius 1 is 0.933 bits per heavy atom. The van der Waals surface area contributed by atoms with E-state index >= 15 is 0 Å². The third kappa shape index (κ3) is 9.58. The van der Waals surface area contributed by atoms with Gasteiger partial charge < -0.3 is 24.6 Å². The van der Waals surface area contributed by atoms with Gasteiger partial charge in [0, 0.05) is 50.5 Å². The first-order valence-electron chi connectivity index (χ1n) is 16.0. The van der Waals surface area contributed by atoms with Crippen molar-refractivity contribution in [1.82, 2.24) is 4.90 Å². The van der Waals surface area contributed by atoms with Crippen LogP contribution in [0.25, 0.3) is 11.1 Å². The summed E-state index contributed by atoms with van der Waals surface area (Å²) in [7, 11) is 0. The second-order valence-corrected chi connectivity index (χ2v) is 11.8. The molecular weight excluding hydrogens is 568 g/mol. The van der Waals surface area contributed by atoms with Crippen LogP contribution in [0.2, 0.25) is 0 Å². The van der Waals surface area contributed by atoms with Gasteiger partial charge in [-0.1, -0.05) is 66.7 Å². The lowest BCUT2D eigenvalue weighted by molar-refractivity contribution is -0.134. The van der Waals surface area contributed by atoms with Crippen LogP contribution in [0.3, 0.4) is 0 Å². The van der Waals surface area contributed by atoms with Gasteiger partial charge in [0.15, 0.2) is 0 Å². The van der Waals surface area contributed by atoms with Crippen molar-refractivity contribution >= 4 is 17.6 Å². The Balaban J connectivity index is 1.11. The maximum absolute atomic E-state index is 12.3. The molecule has 8 nitrogen and oxygen atoms in total. The van der Waals surface area contributed by atoms with E-state index in [0.717, 1.165) is 31.5 Å². The minimum atomic E-state index is -0.440. The van der Waals surface area contributed by atoms with E-state index in [1.54, 1.807) is 24.3 Å². The number of aliphatic hydroxyl groups excluding tert-OH is 1. The van der Waals surface area contributed by atoms with Gasteiger partial charge in [-0.05, 0) is 60.2 Å². The molecule has 1 saturated carbocycles. The largest absolute Gasteiger partial charge is 0.427 e. The highest BCUT2D eigenvalue weighted by Crippen LogP contribution is 2.37. The number of aliphatic hydroxyl groups is 1. The molecule has 3 aromatic rings. The molecule has 2 aliphatic rings. The highest BCUT2D eigenvalue weighted by atomic mass is 16.5. The number of carbonyl (C=O) groups excluding carboxylic acids is 2. The van der Waals surface area contributed by atoms with Gasteiger partial charge in [0.2, 0.25) is 5.91 Å². The van der Waals surface area contributed by atoms with Crippen LogP contribution < -0.4 is 10.1 Å². The summed E-state index contributed by atoms with van der Waals surface area (Å²) in [6.45, 7) is 4.96. The van der Waals surface area contributed by atoms with Gasteiger partial charge in [-0.3, -0.25) is 14.5 Å². The molecule has 1 amide bonds. The number of nitrogens with zero attached hydrogens (tertiary/aromatic N) is 1. The Hall–Kier alpha value is -3.82. The number of morpholine rings is 1. The Labute approximate surface area is 266 Å². The van der Waals surface area contributed by atoms with E-state index in [1.165, 1.54) is 18.1 Å². The molecule has 1 unspecified atom stereocenters. The first-order valence-corrected chi connectivity index (χ1v) is 16.0. The number of esters is 1. The number of nitrogens with one attached hydrogen (secondary N) is 1. The lowest BCUT2D eigenvalue weighted by atomic mass is 9.93. The highest BCUT2D eigenvalue weighted by Gasteiger charge is 2.45. The van der Waals surface area contributed by atoms with Crippen molar-refractivity contribution in [3.05, 3.63) is 96.6 Å². The number of carbonyl (C=O) groups is 2. The lowest BCUT2D eigenvalue weighted by Crippen LogP contribution is -2.50. The summed E-state index contributed by atoms with van der Waals surface area (Å²) in [5.74, 6) is 0.186. The molecule has 0 spiro atoms. The molecule has 45 heavy (non-hydrogen) atoms. The third-order valence-corrected chi connectivity index (χ3v) is 8.53. The number of hydrogen-bond acceptors (Lipinski definition) is 7. The SMILES string of the molecule is CC(=O)Nc1ccc(OC(=O)CC/C=C\CCC2[C@H](OCc3ccc(-c4ccccc4)cc3)C[C@@H](O)[C@H]2N2CCOCC2)cc1. The summed E-state index contributed by atoms with van der Waals surface area (Å²) < 4.78 is 17.5. The van der Waals surface area contributed by atoms with Gasteiger partial charge in [-0.2, -0.15) is 0 Å². The van der Waals surface area contributed by atoms with Crippen LogP contribution in [-0.2, 0) is 25.7 Å². The molecule has 2 N–H and O–H groups in total. The van der Waals surface area contributed by atoms with Crippen molar-refractivity contribution in [2.24, 2.45) is 5.92 Å². The lowest BCUT2D eigenvalue weighted by Gasteiger charge is -2.38. The Bertz CT molecular complexity index is 1390. The minimum Gasteiger partial charge on any atom is -0.427 e. The van der Waals surface area contributed by atoms with Gasteiger partial charge in [-0.25, -0.2) is 0 Å². The van der Waals surface area contributed by atoms with Crippen LogP contribution in [0.15, 0.2) is 91.0 Å². The van der Waals surface area contributed by atoms with Gasteiger partial charge in [0.1, 0.15) is 5.75 Å². The molecule has 1 aliphatic carbocycles. The summed E-state index contributed by atoms with van der Waals surface area (Å²) in [5, 5.41) is 13.9. The fourth-order valence-corrected chi connectivity index (χ4v) is 6.34. The van der Waals surface area contributed by atoms with Crippen LogP contribution in [0.5, 0.6) is 5.75 Å². The first kappa shape index (κ1) is 32.6. The van der Waals surface area contributed by atoms with E-state index in [4.69, 9.17) is 14.2 Å². The van der Waals surface area contributed by atoms with Crippen LogP contribution in [-0.4, -0.2) is 66.4 Å². The van der Waals surface area contributed by atoms with Crippen LogP contribution >= 0.6 is 0 Å². The van der Waals surface area contributed by atoms with E-state index < -0.39 is 6.10 Å². The molecule has 2 fully saturated rings. The maximum Gasteiger partial charge on any atom is 0.311 e. The van der Waals surface area contributed by atoms with Gasteiger partial charge >= 0.3 is 5.97 Å². The van der Waals surface area contributed by atoms with Crippen molar-refractivity contribution in [1.29, 1.82) is 0 Å². The molecule has 0 radical (unpaired) electrons. The summed E-state index contributed by atoms with van der Waals surface area (Å²) >= 11 is 0. The second-order valence-electron chi connectivity index (χ2n) is 11.8. The van der Waals surface area contributed by atoms with Crippen LogP contribution in [0.4, 0.5) is 5.69 Å². The normalized spacial score (nSPS) is 22.0. The predicted molar refractivity (Wildman–Crippen MR) is 175 cm³/mol. The average Bonchev–Trinajstić information content (AvgIpc) is 3.37.